The number of halogens is 3. The molecule has 0 amide bonds. The lowest BCUT2D eigenvalue weighted by atomic mass is 9.83. The number of benzene rings is 1. The second-order valence-electron chi connectivity index (χ2n) is 5.61. The largest absolute Gasteiger partial charge is 0.316 e. The van der Waals surface area contributed by atoms with Crippen molar-refractivity contribution >= 4 is 33.2 Å². The number of rotatable bonds is 4. The molecule has 0 aliphatic carbocycles. The summed E-state index contributed by atoms with van der Waals surface area (Å²) in [6.07, 6.45) is 1.92. The van der Waals surface area contributed by atoms with Crippen LogP contribution >= 0.6 is 23.2 Å². The summed E-state index contributed by atoms with van der Waals surface area (Å²) < 4.78 is 40.4. The number of sulfonamides is 1. The highest BCUT2D eigenvalue weighted by Crippen LogP contribution is 2.31. The Hall–Kier alpha value is -0.400. The fourth-order valence-electron chi connectivity index (χ4n) is 2.40. The summed E-state index contributed by atoms with van der Waals surface area (Å²) in [5.74, 6) is -0.674. The van der Waals surface area contributed by atoms with E-state index in [9.17, 15) is 12.8 Å². The quantitative estimate of drug-likeness (QED) is 0.873. The molecule has 2 rings (SSSR count). The Bertz CT molecular complexity index is 608. The molecule has 1 aromatic rings. The van der Waals surface area contributed by atoms with Crippen molar-refractivity contribution in [1.82, 2.24) is 10.0 Å². The summed E-state index contributed by atoms with van der Waals surface area (Å²) in [6.45, 7) is 3.96. The van der Waals surface area contributed by atoms with Crippen LogP contribution in [-0.4, -0.2) is 28.1 Å². The molecular formula is C13H17Cl2FN2O2S. The van der Waals surface area contributed by atoms with E-state index in [0.717, 1.165) is 38.1 Å². The van der Waals surface area contributed by atoms with E-state index in [1.54, 1.807) is 0 Å². The first-order valence-electron chi connectivity index (χ1n) is 6.58. The Labute approximate surface area is 134 Å². The highest BCUT2D eigenvalue weighted by molar-refractivity contribution is 7.89. The zero-order valence-corrected chi connectivity index (χ0v) is 13.9. The first-order chi connectivity index (χ1) is 9.73. The van der Waals surface area contributed by atoms with Crippen molar-refractivity contribution < 1.29 is 12.8 Å². The predicted molar refractivity (Wildman–Crippen MR) is 81.8 cm³/mol. The molecule has 1 unspecified atom stereocenters. The van der Waals surface area contributed by atoms with Gasteiger partial charge < -0.3 is 5.32 Å². The average Bonchev–Trinajstić information content (AvgIpc) is 2.36. The third-order valence-corrected chi connectivity index (χ3v) is 5.93. The van der Waals surface area contributed by atoms with Gasteiger partial charge in [0.1, 0.15) is 10.7 Å². The number of nitrogens with one attached hydrogen (secondary N) is 2. The van der Waals surface area contributed by atoms with E-state index < -0.39 is 15.8 Å². The van der Waals surface area contributed by atoms with Crippen molar-refractivity contribution in [3.63, 3.8) is 0 Å². The van der Waals surface area contributed by atoms with Gasteiger partial charge in [-0.2, -0.15) is 0 Å². The van der Waals surface area contributed by atoms with E-state index in [1.807, 2.05) is 6.92 Å². The third-order valence-electron chi connectivity index (χ3n) is 3.61. The van der Waals surface area contributed by atoms with E-state index in [1.165, 1.54) is 0 Å². The van der Waals surface area contributed by atoms with Crippen LogP contribution in [0.15, 0.2) is 17.0 Å². The van der Waals surface area contributed by atoms with Crippen LogP contribution in [0.3, 0.4) is 0 Å². The van der Waals surface area contributed by atoms with Gasteiger partial charge in [-0.05, 0) is 36.9 Å². The van der Waals surface area contributed by atoms with Gasteiger partial charge in [0.15, 0.2) is 0 Å². The van der Waals surface area contributed by atoms with Crippen LogP contribution in [-0.2, 0) is 10.0 Å². The van der Waals surface area contributed by atoms with Gasteiger partial charge in [-0.1, -0.05) is 30.1 Å². The lowest BCUT2D eigenvalue weighted by Crippen LogP contribution is -2.45. The average molecular weight is 355 g/mol. The van der Waals surface area contributed by atoms with Crippen molar-refractivity contribution in [3.05, 3.63) is 28.0 Å². The second-order valence-corrected chi connectivity index (χ2v) is 8.13. The summed E-state index contributed by atoms with van der Waals surface area (Å²) >= 11 is 11.6. The molecule has 1 atom stereocenters. The van der Waals surface area contributed by atoms with Gasteiger partial charge in [0.05, 0.1) is 10.0 Å². The molecule has 8 heteroatoms. The van der Waals surface area contributed by atoms with Gasteiger partial charge in [-0.25, -0.2) is 17.5 Å². The molecule has 0 aromatic heterocycles. The lowest BCUT2D eigenvalue weighted by molar-refractivity contribution is 0.238. The molecule has 118 valence electrons. The maximum Gasteiger partial charge on any atom is 0.243 e. The zero-order chi connectivity index (χ0) is 15.7. The van der Waals surface area contributed by atoms with Gasteiger partial charge in [0.25, 0.3) is 0 Å². The monoisotopic (exact) mass is 354 g/mol. The molecule has 21 heavy (non-hydrogen) atoms. The topological polar surface area (TPSA) is 58.2 Å². The summed E-state index contributed by atoms with van der Waals surface area (Å²) in [5.41, 5.74) is -0.162. The normalized spacial score (nSPS) is 23.2. The van der Waals surface area contributed by atoms with Gasteiger partial charge in [0, 0.05) is 13.1 Å². The smallest absolute Gasteiger partial charge is 0.243 e. The molecule has 0 radical (unpaired) electrons. The van der Waals surface area contributed by atoms with Crippen LogP contribution in [0.2, 0.25) is 10.0 Å². The van der Waals surface area contributed by atoms with Gasteiger partial charge in [-0.15, -0.1) is 0 Å². The molecule has 4 nitrogen and oxygen atoms in total. The van der Waals surface area contributed by atoms with Gasteiger partial charge in [-0.3, -0.25) is 0 Å². The Morgan fingerprint density at radius 3 is 2.52 bits per heavy atom. The van der Waals surface area contributed by atoms with Gasteiger partial charge >= 0.3 is 0 Å². The van der Waals surface area contributed by atoms with Crippen molar-refractivity contribution in [2.75, 3.05) is 19.6 Å². The van der Waals surface area contributed by atoms with Crippen molar-refractivity contribution in [2.45, 2.75) is 24.7 Å². The highest BCUT2D eigenvalue weighted by atomic mass is 35.5. The molecular weight excluding hydrogens is 338 g/mol. The minimum atomic E-state index is -3.88. The Balaban J connectivity index is 2.19. The minimum Gasteiger partial charge on any atom is -0.316 e. The molecule has 2 N–H and O–H groups in total. The number of hydrogen-bond donors (Lipinski definition) is 2. The Kier molecular flexibility index (Phi) is 5.15. The van der Waals surface area contributed by atoms with E-state index >= 15 is 0 Å². The number of piperidine rings is 1. The molecule has 0 spiro atoms. The van der Waals surface area contributed by atoms with Crippen LogP contribution in [0.1, 0.15) is 19.8 Å². The lowest BCUT2D eigenvalue weighted by Gasteiger charge is -2.34. The summed E-state index contributed by atoms with van der Waals surface area (Å²) in [4.78, 5) is -0.278. The first kappa shape index (κ1) is 17.0. The molecule has 0 saturated carbocycles. The van der Waals surface area contributed by atoms with E-state index in [2.05, 4.69) is 10.0 Å². The molecule has 1 saturated heterocycles. The predicted octanol–water partition coefficient (Wildman–Crippen LogP) is 2.80. The van der Waals surface area contributed by atoms with Crippen molar-refractivity contribution in [3.8, 4) is 0 Å². The Morgan fingerprint density at radius 1 is 1.38 bits per heavy atom. The number of hydrogen-bond acceptors (Lipinski definition) is 3. The first-order valence-corrected chi connectivity index (χ1v) is 8.82. The van der Waals surface area contributed by atoms with Crippen LogP contribution in [0.4, 0.5) is 4.39 Å². The fourth-order valence-corrected chi connectivity index (χ4v) is 4.78. The van der Waals surface area contributed by atoms with E-state index in [-0.39, 0.29) is 26.9 Å². The zero-order valence-electron chi connectivity index (χ0n) is 11.5. The van der Waals surface area contributed by atoms with Crippen LogP contribution < -0.4 is 10.0 Å². The molecule has 1 fully saturated rings. The molecule has 1 aliphatic rings. The van der Waals surface area contributed by atoms with Crippen LogP contribution in [0, 0.1) is 11.2 Å². The SMILES string of the molecule is CC1(CNS(=O)(=O)c2c(Cl)cc(F)cc2Cl)CCCNC1. The fraction of sp³-hybridized carbons (Fsp3) is 0.538. The van der Waals surface area contributed by atoms with Crippen LogP contribution in [0.25, 0.3) is 0 Å². The van der Waals surface area contributed by atoms with Crippen LogP contribution in [0.5, 0.6) is 0 Å². The van der Waals surface area contributed by atoms with E-state index in [0.29, 0.717) is 0 Å². The highest BCUT2D eigenvalue weighted by Gasteiger charge is 2.30. The summed E-state index contributed by atoms with van der Waals surface area (Å²) in [5, 5.41) is 2.80. The minimum absolute atomic E-state index is 0.162. The molecule has 0 bridgehead atoms. The van der Waals surface area contributed by atoms with Gasteiger partial charge in [0.2, 0.25) is 10.0 Å². The maximum absolute atomic E-state index is 13.1. The summed E-state index contributed by atoms with van der Waals surface area (Å²) in [6, 6.07) is 1.87. The Morgan fingerprint density at radius 2 is 2.00 bits per heavy atom. The van der Waals surface area contributed by atoms with Crippen molar-refractivity contribution in [1.29, 1.82) is 0 Å². The maximum atomic E-state index is 13.1. The molecule has 1 heterocycles. The third kappa shape index (κ3) is 4.07. The standard InChI is InChI=1S/C13H17Cl2FN2O2S/c1-13(3-2-4-17-7-13)8-18-21(19,20)12-10(14)5-9(16)6-11(12)15/h5-6,17-18H,2-4,7-8H2,1H3. The molecule has 1 aromatic carbocycles. The second kappa shape index (κ2) is 6.38. The summed E-state index contributed by atoms with van der Waals surface area (Å²) in [7, 11) is -3.88. The van der Waals surface area contributed by atoms with E-state index in [4.69, 9.17) is 23.2 Å². The molecule has 1 aliphatic heterocycles. The van der Waals surface area contributed by atoms with Crippen molar-refractivity contribution in [2.24, 2.45) is 5.41 Å².